The van der Waals surface area contributed by atoms with Crippen LogP contribution in [0, 0.1) is 5.82 Å². The Morgan fingerprint density at radius 2 is 2.11 bits per heavy atom. The molecule has 0 spiro atoms. The van der Waals surface area contributed by atoms with Gasteiger partial charge in [0.1, 0.15) is 5.02 Å². The third kappa shape index (κ3) is 2.95. The summed E-state index contributed by atoms with van der Waals surface area (Å²) >= 11 is 5.71. The van der Waals surface area contributed by atoms with Gasteiger partial charge in [0.15, 0.2) is 5.82 Å². The first kappa shape index (κ1) is 14.4. The number of hydrogen-bond acceptors (Lipinski definition) is 4. The molecular formula is C11H16ClFN4O. The van der Waals surface area contributed by atoms with Gasteiger partial charge >= 0.3 is 0 Å². The van der Waals surface area contributed by atoms with Crippen molar-refractivity contribution in [3.8, 4) is 0 Å². The van der Waals surface area contributed by atoms with E-state index in [4.69, 9.17) is 23.1 Å². The first-order valence-corrected chi connectivity index (χ1v) is 5.77. The minimum Gasteiger partial charge on any atom is -0.397 e. The summed E-state index contributed by atoms with van der Waals surface area (Å²) in [5, 5.41) is 2.42. The predicted molar refractivity (Wildman–Crippen MR) is 72.2 cm³/mol. The standard InChI is InChI=1S/C11H16ClFN4O/c1-3-16-8(18)5-17(2)11-7(15)4-6(14)9(12)10(11)13/h4H,3,5,14-15H2,1-2H3,(H,16,18). The van der Waals surface area contributed by atoms with Gasteiger partial charge in [-0.25, -0.2) is 4.39 Å². The number of likely N-dealkylation sites (N-methyl/N-ethyl adjacent to an activating group) is 2. The van der Waals surface area contributed by atoms with Crippen LogP contribution >= 0.6 is 11.6 Å². The molecule has 0 fully saturated rings. The van der Waals surface area contributed by atoms with E-state index in [1.165, 1.54) is 11.0 Å². The summed E-state index contributed by atoms with van der Waals surface area (Å²) in [4.78, 5) is 12.8. The van der Waals surface area contributed by atoms with Crippen molar-refractivity contribution in [2.45, 2.75) is 6.92 Å². The maximum absolute atomic E-state index is 13.9. The fourth-order valence-corrected chi connectivity index (χ4v) is 1.74. The molecule has 0 aromatic heterocycles. The van der Waals surface area contributed by atoms with E-state index in [0.29, 0.717) is 6.54 Å². The van der Waals surface area contributed by atoms with E-state index in [2.05, 4.69) is 5.32 Å². The molecule has 0 atom stereocenters. The summed E-state index contributed by atoms with van der Waals surface area (Å²) in [5.74, 6) is -0.951. The van der Waals surface area contributed by atoms with Crippen molar-refractivity contribution < 1.29 is 9.18 Å². The summed E-state index contributed by atoms with van der Waals surface area (Å²) < 4.78 is 13.9. The number of amides is 1. The zero-order chi connectivity index (χ0) is 13.9. The molecule has 1 aromatic rings. The lowest BCUT2D eigenvalue weighted by Gasteiger charge is -2.22. The molecule has 0 heterocycles. The molecule has 1 rings (SSSR count). The second-order valence-corrected chi connectivity index (χ2v) is 4.22. The van der Waals surface area contributed by atoms with Crippen molar-refractivity contribution in [1.29, 1.82) is 0 Å². The number of hydrogen-bond donors (Lipinski definition) is 3. The van der Waals surface area contributed by atoms with Crippen LogP contribution < -0.4 is 21.7 Å². The molecule has 5 N–H and O–H groups in total. The van der Waals surface area contributed by atoms with E-state index >= 15 is 0 Å². The van der Waals surface area contributed by atoms with Crippen molar-refractivity contribution >= 4 is 34.6 Å². The molecule has 0 aliphatic heterocycles. The van der Waals surface area contributed by atoms with Crippen LogP contribution in [0.5, 0.6) is 0 Å². The Hall–Kier alpha value is -1.69. The van der Waals surface area contributed by atoms with Gasteiger partial charge in [-0.05, 0) is 13.0 Å². The minimum atomic E-state index is -0.721. The molecule has 100 valence electrons. The molecule has 5 nitrogen and oxygen atoms in total. The Bertz CT molecular complexity index is 467. The summed E-state index contributed by atoms with van der Waals surface area (Å²) in [6.45, 7) is 2.29. The van der Waals surface area contributed by atoms with E-state index in [1.807, 2.05) is 0 Å². The fourth-order valence-electron chi connectivity index (χ4n) is 1.59. The summed E-state index contributed by atoms with van der Waals surface area (Å²) in [5.41, 5.74) is 11.5. The Morgan fingerprint density at radius 1 is 1.50 bits per heavy atom. The van der Waals surface area contributed by atoms with Gasteiger partial charge in [0.25, 0.3) is 0 Å². The van der Waals surface area contributed by atoms with Gasteiger partial charge in [-0.1, -0.05) is 11.6 Å². The van der Waals surface area contributed by atoms with Crippen LogP contribution in [0.1, 0.15) is 6.92 Å². The van der Waals surface area contributed by atoms with Gasteiger partial charge < -0.3 is 21.7 Å². The Morgan fingerprint density at radius 3 is 2.67 bits per heavy atom. The van der Waals surface area contributed by atoms with Crippen molar-refractivity contribution in [3.05, 3.63) is 16.9 Å². The molecule has 0 radical (unpaired) electrons. The van der Waals surface area contributed by atoms with Crippen LogP contribution in [0.4, 0.5) is 21.5 Å². The van der Waals surface area contributed by atoms with E-state index in [9.17, 15) is 9.18 Å². The second kappa shape index (κ2) is 5.77. The van der Waals surface area contributed by atoms with Crippen molar-refractivity contribution in [2.24, 2.45) is 0 Å². The average Bonchev–Trinajstić information content (AvgIpc) is 2.26. The highest BCUT2D eigenvalue weighted by Gasteiger charge is 2.19. The molecule has 0 unspecified atom stereocenters. The molecule has 0 aliphatic carbocycles. The highest BCUT2D eigenvalue weighted by Crippen LogP contribution is 2.35. The van der Waals surface area contributed by atoms with Gasteiger partial charge in [-0.3, -0.25) is 4.79 Å². The minimum absolute atomic E-state index is 0.0186. The number of rotatable bonds is 4. The third-order valence-electron chi connectivity index (χ3n) is 2.37. The van der Waals surface area contributed by atoms with Crippen LogP contribution in [0.3, 0.4) is 0 Å². The number of nitrogens with one attached hydrogen (secondary N) is 1. The monoisotopic (exact) mass is 274 g/mol. The number of benzene rings is 1. The zero-order valence-electron chi connectivity index (χ0n) is 10.3. The number of nitrogens with two attached hydrogens (primary N) is 2. The lowest BCUT2D eigenvalue weighted by atomic mass is 10.2. The predicted octanol–water partition coefficient (Wildman–Crippen LogP) is 1.22. The number of anilines is 3. The number of nitrogens with zero attached hydrogens (tertiary/aromatic N) is 1. The number of nitrogen functional groups attached to an aromatic ring is 2. The van der Waals surface area contributed by atoms with Crippen molar-refractivity contribution in [2.75, 3.05) is 36.5 Å². The first-order valence-electron chi connectivity index (χ1n) is 5.39. The van der Waals surface area contributed by atoms with Gasteiger partial charge in [0.2, 0.25) is 5.91 Å². The molecule has 0 bridgehead atoms. The van der Waals surface area contributed by atoms with Crippen molar-refractivity contribution in [3.63, 3.8) is 0 Å². The van der Waals surface area contributed by atoms with Crippen molar-refractivity contribution in [1.82, 2.24) is 5.32 Å². The van der Waals surface area contributed by atoms with E-state index in [0.717, 1.165) is 0 Å². The molecular weight excluding hydrogens is 259 g/mol. The molecule has 0 aliphatic rings. The molecule has 18 heavy (non-hydrogen) atoms. The van der Waals surface area contributed by atoms with Crippen LogP contribution in [0.25, 0.3) is 0 Å². The fraction of sp³-hybridized carbons (Fsp3) is 0.364. The largest absolute Gasteiger partial charge is 0.397 e. The van der Waals surface area contributed by atoms with E-state index < -0.39 is 5.82 Å². The number of carbonyl (C=O) groups is 1. The molecule has 0 saturated heterocycles. The van der Waals surface area contributed by atoms with Gasteiger partial charge in [0.05, 0.1) is 23.6 Å². The average molecular weight is 275 g/mol. The normalized spacial score (nSPS) is 10.2. The van der Waals surface area contributed by atoms with E-state index in [-0.39, 0.29) is 34.5 Å². The first-order chi connectivity index (χ1) is 8.38. The number of halogens is 2. The third-order valence-corrected chi connectivity index (χ3v) is 2.76. The summed E-state index contributed by atoms with van der Waals surface area (Å²) in [6.07, 6.45) is 0. The highest BCUT2D eigenvalue weighted by molar-refractivity contribution is 6.33. The summed E-state index contributed by atoms with van der Waals surface area (Å²) in [6, 6.07) is 1.37. The number of carbonyl (C=O) groups excluding carboxylic acids is 1. The summed E-state index contributed by atoms with van der Waals surface area (Å²) in [7, 11) is 1.55. The van der Waals surface area contributed by atoms with Gasteiger partial charge in [0, 0.05) is 13.6 Å². The SMILES string of the molecule is CCNC(=O)CN(C)c1c(N)cc(N)c(Cl)c1F. The van der Waals surface area contributed by atoms with Gasteiger partial charge in [-0.2, -0.15) is 0 Å². The topological polar surface area (TPSA) is 84.4 Å². The highest BCUT2D eigenvalue weighted by atomic mass is 35.5. The Labute approximate surface area is 110 Å². The molecule has 1 aromatic carbocycles. The van der Waals surface area contributed by atoms with Crippen LogP contribution in [-0.2, 0) is 4.79 Å². The molecule has 7 heteroatoms. The Balaban J connectivity index is 3.02. The quantitative estimate of drug-likeness (QED) is 0.721. The molecule has 1 amide bonds. The maximum atomic E-state index is 13.9. The molecule has 0 saturated carbocycles. The lowest BCUT2D eigenvalue weighted by Crippen LogP contribution is -2.35. The van der Waals surface area contributed by atoms with Crippen LogP contribution in [0.15, 0.2) is 6.07 Å². The smallest absolute Gasteiger partial charge is 0.239 e. The lowest BCUT2D eigenvalue weighted by molar-refractivity contribution is -0.119. The zero-order valence-corrected chi connectivity index (χ0v) is 11.0. The van der Waals surface area contributed by atoms with E-state index in [1.54, 1.807) is 14.0 Å². The Kier molecular flexibility index (Phi) is 4.61. The maximum Gasteiger partial charge on any atom is 0.239 e. The van der Waals surface area contributed by atoms with Gasteiger partial charge in [-0.15, -0.1) is 0 Å². The van der Waals surface area contributed by atoms with Crippen LogP contribution in [-0.4, -0.2) is 26.0 Å². The second-order valence-electron chi connectivity index (χ2n) is 3.84. The van der Waals surface area contributed by atoms with Crippen LogP contribution in [0.2, 0.25) is 5.02 Å².